The van der Waals surface area contributed by atoms with Gasteiger partial charge in [0.05, 0.1) is 25.1 Å². The van der Waals surface area contributed by atoms with Gasteiger partial charge in [-0.2, -0.15) is 5.10 Å². The molecule has 0 amide bonds. The average molecular weight is 322 g/mol. The molecule has 0 fully saturated rings. The molecule has 1 aromatic heterocycles. The van der Waals surface area contributed by atoms with Gasteiger partial charge in [-0.3, -0.25) is 0 Å². The molecule has 0 bridgehead atoms. The van der Waals surface area contributed by atoms with E-state index in [2.05, 4.69) is 24.2 Å². The van der Waals surface area contributed by atoms with Crippen LogP contribution in [0.2, 0.25) is 0 Å². The van der Waals surface area contributed by atoms with Gasteiger partial charge in [-0.05, 0) is 43.7 Å². The van der Waals surface area contributed by atoms with Crippen LogP contribution in [0.25, 0.3) is 16.9 Å². The zero-order chi connectivity index (χ0) is 16.9. The standard InChI is InChI=1S/C20H22N2O2/c1-4-12-24-20-11-6-5-10-18(20)22-19(13-15(2)21-22)16-8-7-9-17(14-16)23-3/h5-11,13-14H,4,12H2,1-3H3. The smallest absolute Gasteiger partial charge is 0.144 e. The van der Waals surface area contributed by atoms with Crippen LogP contribution in [0.3, 0.4) is 0 Å². The SMILES string of the molecule is CCCOc1ccccc1-n1nc(C)cc1-c1cccc(OC)c1. The van der Waals surface area contributed by atoms with Gasteiger partial charge in [-0.1, -0.05) is 31.2 Å². The number of nitrogens with zero attached hydrogens (tertiary/aromatic N) is 2. The van der Waals surface area contributed by atoms with Crippen molar-refractivity contribution >= 4 is 0 Å². The number of ether oxygens (including phenoxy) is 2. The van der Waals surface area contributed by atoms with Gasteiger partial charge < -0.3 is 9.47 Å². The Morgan fingerprint density at radius 1 is 1.04 bits per heavy atom. The van der Waals surface area contributed by atoms with Crippen molar-refractivity contribution in [3.63, 3.8) is 0 Å². The second kappa shape index (κ2) is 7.21. The molecule has 0 saturated carbocycles. The molecule has 0 unspecified atom stereocenters. The van der Waals surface area contributed by atoms with Gasteiger partial charge in [-0.15, -0.1) is 0 Å². The second-order valence-corrected chi connectivity index (χ2v) is 5.63. The molecule has 1 heterocycles. The minimum Gasteiger partial charge on any atom is -0.497 e. The highest BCUT2D eigenvalue weighted by Crippen LogP contribution is 2.30. The lowest BCUT2D eigenvalue weighted by molar-refractivity contribution is 0.316. The molecule has 124 valence electrons. The van der Waals surface area contributed by atoms with E-state index in [-0.39, 0.29) is 0 Å². The number of rotatable bonds is 6. The number of benzene rings is 2. The van der Waals surface area contributed by atoms with E-state index in [0.717, 1.165) is 40.6 Å². The van der Waals surface area contributed by atoms with E-state index in [0.29, 0.717) is 6.61 Å². The first-order valence-corrected chi connectivity index (χ1v) is 8.16. The van der Waals surface area contributed by atoms with Gasteiger partial charge >= 0.3 is 0 Å². The Kier molecular flexibility index (Phi) is 4.85. The predicted molar refractivity (Wildman–Crippen MR) is 96.1 cm³/mol. The van der Waals surface area contributed by atoms with Crippen LogP contribution in [0.5, 0.6) is 11.5 Å². The molecule has 3 aromatic rings. The van der Waals surface area contributed by atoms with Gasteiger partial charge in [0.15, 0.2) is 0 Å². The molecule has 0 aliphatic carbocycles. The Morgan fingerprint density at radius 2 is 1.88 bits per heavy atom. The molecule has 24 heavy (non-hydrogen) atoms. The molecule has 4 nitrogen and oxygen atoms in total. The first-order chi connectivity index (χ1) is 11.7. The van der Waals surface area contributed by atoms with E-state index in [1.165, 1.54) is 0 Å². The molecule has 0 N–H and O–H groups in total. The second-order valence-electron chi connectivity index (χ2n) is 5.63. The minimum atomic E-state index is 0.686. The highest BCUT2D eigenvalue weighted by Gasteiger charge is 2.14. The Balaban J connectivity index is 2.10. The summed E-state index contributed by atoms with van der Waals surface area (Å²) in [5, 5.41) is 4.68. The number of para-hydroxylation sites is 2. The Labute approximate surface area is 142 Å². The fraction of sp³-hybridized carbons (Fsp3) is 0.250. The van der Waals surface area contributed by atoms with Gasteiger partial charge in [0.2, 0.25) is 0 Å². The third-order valence-corrected chi connectivity index (χ3v) is 3.75. The molecule has 0 atom stereocenters. The van der Waals surface area contributed by atoms with Crippen LogP contribution in [0.4, 0.5) is 0 Å². The van der Waals surface area contributed by atoms with Crippen molar-refractivity contribution in [2.75, 3.05) is 13.7 Å². The summed E-state index contributed by atoms with van der Waals surface area (Å²) in [6, 6.07) is 18.1. The Morgan fingerprint density at radius 3 is 2.67 bits per heavy atom. The maximum absolute atomic E-state index is 5.90. The summed E-state index contributed by atoms with van der Waals surface area (Å²) in [4.78, 5) is 0. The summed E-state index contributed by atoms with van der Waals surface area (Å²) < 4.78 is 13.2. The molecule has 0 radical (unpaired) electrons. The molecule has 0 spiro atoms. The van der Waals surface area contributed by atoms with Crippen LogP contribution in [0.15, 0.2) is 54.6 Å². The normalized spacial score (nSPS) is 10.6. The van der Waals surface area contributed by atoms with Crippen LogP contribution in [-0.2, 0) is 0 Å². The van der Waals surface area contributed by atoms with Crippen molar-refractivity contribution in [3.05, 3.63) is 60.3 Å². The number of hydrogen-bond donors (Lipinski definition) is 0. The number of hydrogen-bond acceptors (Lipinski definition) is 3. The Bertz CT molecular complexity index is 824. The molecule has 0 aliphatic rings. The van der Waals surface area contributed by atoms with E-state index in [4.69, 9.17) is 9.47 Å². The van der Waals surface area contributed by atoms with Gasteiger partial charge in [0.25, 0.3) is 0 Å². The predicted octanol–water partition coefficient (Wildman–Crippen LogP) is 4.65. The van der Waals surface area contributed by atoms with E-state index in [1.807, 2.05) is 54.1 Å². The monoisotopic (exact) mass is 322 g/mol. The fourth-order valence-electron chi connectivity index (χ4n) is 2.64. The lowest BCUT2D eigenvalue weighted by atomic mass is 10.1. The van der Waals surface area contributed by atoms with Crippen molar-refractivity contribution < 1.29 is 9.47 Å². The first kappa shape index (κ1) is 16.1. The van der Waals surface area contributed by atoms with Gasteiger partial charge in [0.1, 0.15) is 17.2 Å². The quantitative estimate of drug-likeness (QED) is 0.663. The topological polar surface area (TPSA) is 36.3 Å². The van der Waals surface area contributed by atoms with Crippen molar-refractivity contribution in [2.24, 2.45) is 0 Å². The average Bonchev–Trinajstić information content (AvgIpc) is 3.02. The largest absolute Gasteiger partial charge is 0.497 e. The molecule has 2 aromatic carbocycles. The van der Waals surface area contributed by atoms with Crippen molar-refractivity contribution in [1.82, 2.24) is 9.78 Å². The van der Waals surface area contributed by atoms with Crippen LogP contribution in [0.1, 0.15) is 19.0 Å². The van der Waals surface area contributed by atoms with E-state index >= 15 is 0 Å². The lowest BCUT2D eigenvalue weighted by Crippen LogP contribution is -2.04. The van der Waals surface area contributed by atoms with Crippen molar-refractivity contribution in [3.8, 4) is 28.4 Å². The molecule has 0 aliphatic heterocycles. The third kappa shape index (κ3) is 3.27. The number of aryl methyl sites for hydroxylation is 1. The summed E-state index contributed by atoms with van der Waals surface area (Å²) in [5.41, 5.74) is 3.97. The van der Waals surface area contributed by atoms with Crippen LogP contribution < -0.4 is 9.47 Å². The van der Waals surface area contributed by atoms with Crippen molar-refractivity contribution in [1.29, 1.82) is 0 Å². The summed E-state index contributed by atoms with van der Waals surface area (Å²) in [7, 11) is 1.68. The molecule has 3 rings (SSSR count). The molecule has 4 heteroatoms. The van der Waals surface area contributed by atoms with Crippen molar-refractivity contribution in [2.45, 2.75) is 20.3 Å². The lowest BCUT2D eigenvalue weighted by Gasteiger charge is -2.13. The number of aromatic nitrogens is 2. The highest BCUT2D eigenvalue weighted by molar-refractivity contribution is 5.65. The van der Waals surface area contributed by atoms with E-state index < -0.39 is 0 Å². The minimum absolute atomic E-state index is 0.686. The van der Waals surface area contributed by atoms with E-state index in [1.54, 1.807) is 7.11 Å². The molecular formula is C20H22N2O2. The zero-order valence-corrected chi connectivity index (χ0v) is 14.3. The van der Waals surface area contributed by atoms with Gasteiger partial charge in [-0.25, -0.2) is 4.68 Å². The Hall–Kier alpha value is -2.75. The van der Waals surface area contributed by atoms with Crippen LogP contribution in [0, 0.1) is 6.92 Å². The maximum atomic E-state index is 5.90. The zero-order valence-electron chi connectivity index (χ0n) is 14.3. The number of methoxy groups -OCH3 is 1. The van der Waals surface area contributed by atoms with E-state index in [9.17, 15) is 0 Å². The summed E-state index contributed by atoms with van der Waals surface area (Å²) in [5.74, 6) is 1.67. The van der Waals surface area contributed by atoms with Crippen LogP contribution >= 0.6 is 0 Å². The molecular weight excluding hydrogens is 300 g/mol. The van der Waals surface area contributed by atoms with Gasteiger partial charge in [0, 0.05) is 5.56 Å². The third-order valence-electron chi connectivity index (χ3n) is 3.75. The summed E-state index contributed by atoms with van der Waals surface area (Å²) in [6.45, 7) is 4.78. The fourth-order valence-corrected chi connectivity index (χ4v) is 2.64. The summed E-state index contributed by atoms with van der Waals surface area (Å²) >= 11 is 0. The molecule has 0 saturated heterocycles. The summed E-state index contributed by atoms with van der Waals surface area (Å²) in [6.07, 6.45) is 0.967. The van der Waals surface area contributed by atoms with Crippen LogP contribution in [-0.4, -0.2) is 23.5 Å². The first-order valence-electron chi connectivity index (χ1n) is 8.16. The maximum Gasteiger partial charge on any atom is 0.144 e. The highest BCUT2D eigenvalue weighted by atomic mass is 16.5.